The molecule has 0 spiro atoms. The lowest BCUT2D eigenvalue weighted by Gasteiger charge is -2.32. The van der Waals surface area contributed by atoms with Crippen LogP contribution in [0.2, 0.25) is 9.36 Å². The molecule has 2 N–H and O–H groups in total. The monoisotopic (exact) mass is 507 g/mol. The van der Waals surface area contributed by atoms with Gasteiger partial charge in [-0.2, -0.15) is 4.37 Å². The molecule has 1 aromatic carbocycles. The van der Waals surface area contributed by atoms with Gasteiger partial charge in [0.2, 0.25) is 5.91 Å². The zero-order chi connectivity index (χ0) is 23.4. The largest absolute Gasteiger partial charge is 0.508 e. The third-order valence-corrected chi connectivity index (χ3v) is 7.30. The Morgan fingerprint density at radius 1 is 1.18 bits per heavy atom. The molecule has 1 aliphatic rings. The zero-order valence-electron chi connectivity index (χ0n) is 17.7. The number of aromatic hydroxyl groups is 1. The van der Waals surface area contributed by atoms with E-state index in [4.69, 9.17) is 27.6 Å². The molecule has 174 valence electrons. The molecule has 2 amide bonds. The van der Waals surface area contributed by atoms with Gasteiger partial charge in [-0.05, 0) is 54.2 Å². The summed E-state index contributed by atoms with van der Waals surface area (Å²) in [5.74, 6) is -0.306. The first-order valence-electron chi connectivity index (χ1n) is 10.7. The van der Waals surface area contributed by atoms with Crippen molar-refractivity contribution < 1.29 is 19.1 Å². The van der Waals surface area contributed by atoms with Gasteiger partial charge < -0.3 is 19.7 Å². The Labute approximate surface area is 205 Å². The first-order valence-corrected chi connectivity index (χ1v) is 12.2. The van der Waals surface area contributed by atoms with Crippen LogP contribution in [0.3, 0.4) is 0 Å². The SMILES string of the molecule is O=C(NC1CCCCC1)C(c1ccc(O)cc1)N(Cc1ccco1)C(=O)c1nsc(Cl)c1Cl. The van der Waals surface area contributed by atoms with Gasteiger partial charge in [0.15, 0.2) is 5.69 Å². The number of halogens is 2. The van der Waals surface area contributed by atoms with Crippen LogP contribution in [0.1, 0.15) is 60.0 Å². The highest BCUT2D eigenvalue weighted by molar-refractivity contribution is 7.11. The summed E-state index contributed by atoms with van der Waals surface area (Å²) in [5.41, 5.74) is 0.519. The average Bonchev–Trinajstić information content (AvgIpc) is 3.45. The molecule has 33 heavy (non-hydrogen) atoms. The van der Waals surface area contributed by atoms with Crippen LogP contribution in [0.5, 0.6) is 5.75 Å². The Kier molecular flexibility index (Phi) is 7.57. The number of hydrogen-bond acceptors (Lipinski definition) is 6. The molecule has 1 unspecified atom stereocenters. The first-order chi connectivity index (χ1) is 15.9. The van der Waals surface area contributed by atoms with Crippen molar-refractivity contribution in [2.24, 2.45) is 0 Å². The van der Waals surface area contributed by atoms with Crippen molar-refractivity contribution in [2.45, 2.75) is 50.7 Å². The van der Waals surface area contributed by atoms with Gasteiger partial charge in [0.1, 0.15) is 26.9 Å². The Bertz CT molecular complexity index is 1100. The molecule has 0 aliphatic heterocycles. The molecule has 2 heterocycles. The smallest absolute Gasteiger partial charge is 0.276 e. The van der Waals surface area contributed by atoms with Crippen LogP contribution >= 0.6 is 34.7 Å². The third kappa shape index (κ3) is 5.51. The molecule has 0 radical (unpaired) electrons. The maximum Gasteiger partial charge on any atom is 0.276 e. The summed E-state index contributed by atoms with van der Waals surface area (Å²) in [5, 5.41) is 12.9. The van der Waals surface area contributed by atoms with Crippen molar-refractivity contribution in [3.8, 4) is 5.75 Å². The molecule has 1 aliphatic carbocycles. The molecule has 0 saturated heterocycles. The minimum Gasteiger partial charge on any atom is -0.508 e. The van der Waals surface area contributed by atoms with Crippen LogP contribution in [0, 0.1) is 0 Å². The highest BCUT2D eigenvalue weighted by Crippen LogP contribution is 2.34. The van der Waals surface area contributed by atoms with Gasteiger partial charge >= 0.3 is 0 Å². The van der Waals surface area contributed by atoms with Gasteiger partial charge in [-0.25, -0.2) is 0 Å². The van der Waals surface area contributed by atoms with Crippen LogP contribution in [0.4, 0.5) is 0 Å². The van der Waals surface area contributed by atoms with Crippen molar-refractivity contribution >= 4 is 46.5 Å². The van der Waals surface area contributed by atoms with Gasteiger partial charge in [0.05, 0.1) is 12.8 Å². The molecule has 3 aromatic rings. The number of carbonyl (C=O) groups excluding carboxylic acids is 2. The topological polar surface area (TPSA) is 95.7 Å². The van der Waals surface area contributed by atoms with E-state index in [1.807, 2.05) is 0 Å². The second kappa shape index (κ2) is 10.6. The Morgan fingerprint density at radius 2 is 1.91 bits per heavy atom. The molecule has 4 rings (SSSR count). The lowest BCUT2D eigenvalue weighted by Crippen LogP contribution is -2.47. The second-order valence-corrected chi connectivity index (χ2v) is 9.72. The summed E-state index contributed by atoms with van der Waals surface area (Å²) in [6.45, 7) is 0.0148. The second-order valence-electron chi connectivity index (χ2n) is 7.97. The van der Waals surface area contributed by atoms with E-state index in [-0.39, 0.29) is 39.3 Å². The number of rotatable bonds is 7. The van der Waals surface area contributed by atoms with Crippen molar-refractivity contribution in [1.29, 1.82) is 0 Å². The van der Waals surface area contributed by atoms with Crippen LogP contribution < -0.4 is 5.32 Å². The molecular weight excluding hydrogens is 485 g/mol. The number of nitrogens with zero attached hydrogens (tertiary/aromatic N) is 2. The van der Waals surface area contributed by atoms with Gasteiger partial charge in [-0.3, -0.25) is 9.59 Å². The van der Waals surface area contributed by atoms with E-state index in [9.17, 15) is 14.7 Å². The number of aromatic nitrogens is 1. The average molecular weight is 508 g/mol. The first kappa shape index (κ1) is 23.6. The Balaban J connectivity index is 1.73. The number of phenols is 1. The molecule has 7 nitrogen and oxygen atoms in total. The van der Waals surface area contributed by atoms with Gasteiger partial charge in [-0.15, -0.1) is 0 Å². The molecule has 1 atom stereocenters. The van der Waals surface area contributed by atoms with E-state index in [1.54, 1.807) is 24.3 Å². The molecule has 10 heteroatoms. The highest BCUT2D eigenvalue weighted by Gasteiger charge is 2.36. The van der Waals surface area contributed by atoms with Gasteiger partial charge in [0, 0.05) is 6.04 Å². The summed E-state index contributed by atoms with van der Waals surface area (Å²) in [6, 6.07) is 8.70. The summed E-state index contributed by atoms with van der Waals surface area (Å²) in [7, 11) is 0. The Morgan fingerprint density at radius 3 is 2.52 bits per heavy atom. The standard InChI is InChI=1S/C23H23Cl2N3O4S/c24-18-19(27-33-21(18)25)23(31)28(13-17-7-4-12-32-17)20(14-8-10-16(29)11-9-14)22(30)26-15-5-2-1-3-6-15/h4,7-12,15,20,29H,1-3,5-6,13H2,(H,26,30). The fourth-order valence-electron chi connectivity index (χ4n) is 4.04. The van der Waals surface area contributed by atoms with Crippen molar-refractivity contribution in [3.63, 3.8) is 0 Å². The van der Waals surface area contributed by atoms with Crippen LogP contribution in [0.15, 0.2) is 47.1 Å². The summed E-state index contributed by atoms with van der Waals surface area (Å²) >= 11 is 13.2. The Hall–Kier alpha value is -2.55. The highest BCUT2D eigenvalue weighted by atomic mass is 35.5. The predicted molar refractivity (Wildman–Crippen MR) is 127 cm³/mol. The van der Waals surface area contributed by atoms with E-state index < -0.39 is 11.9 Å². The molecule has 1 fully saturated rings. The zero-order valence-corrected chi connectivity index (χ0v) is 20.0. The minimum atomic E-state index is -0.998. The van der Waals surface area contributed by atoms with Crippen molar-refractivity contribution in [3.05, 3.63) is 69.0 Å². The predicted octanol–water partition coefficient (Wildman–Crippen LogP) is 5.58. The number of phenolic OH excluding ortho intramolecular Hbond substituents is 1. The fraction of sp³-hybridized carbons (Fsp3) is 0.348. The van der Waals surface area contributed by atoms with E-state index in [0.29, 0.717) is 11.3 Å². The number of benzene rings is 1. The third-order valence-electron chi connectivity index (χ3n) is 5.69. The molecule has 0 bridgehead atoms. The number of amides is 2. The summed E-state index contributed by atoms with van der Waals surface area (Å²) in [4.78, 5) is 28.6. The maximum absolute atomic E-state index is 13.6. The summed E-state index contributed by atoms with van der Waals surface area (Å²) in [6.07, 6.45) is 6.55. The normalized spacial score (nSPS) is 15.2. The lowest BCUT2D eigenvalue weighted by atomic mass is 9.94. The number of furan rings is 1. The van der Waals surface area contributed by atoms with Gasteiger partial charge in [0.25, 0.3) is 5.91 Å². The number of hydrogen-bond donors (Lipinski definition) is 2. The fourth-order valence-corrected chi connectivity index (χ4v) is 5.02. The molecular formula is C23H23Cl2N3O4S. The van der Waals surface area contributed by atoms with E-state index in [0.717, 1.165) is 43.6 Å². The van der Waals surface area contributed by atoms with Crippen molar-refractivity contribution in [2.75, 3.05) is 0 Å². The van der Waals surface area contributed by atoms with E-state index in [2.05, 4.69) is 9.69 Å². The van der Waals surface area contributed by atoms with Crippen LogP contribution in [-0.4, -0.2) is 32.2 Å². The van der Waals surface area contributed by atoms with E-state index in [1.165, 1.54) is 23.3 Å². The van der Waals surface area contributed by atoms with E-state index >= 15 is 0 Å². The van der Waals surface area contributed by atoms with Gasteiger partial charge in [-0.1, -0.05) is 54.6 Å². The van der Waals surface area contributed by atoms with Crippen molar-refractivity contribution in [1.82, 2.24) is 14.6 Å². The van der Waals surface area contributed by atoms with Crippen LogP contribution in [-0.2, 0) is 11.3 Å². The molecule has 1 saturated carbocycles. The lowest BCUT2D eigenvalue weighted by molar-refractivity contribution is -0.127. The summed E-state index contributed by atoms with van der Waals surface area (Å²) < 4.78 is 9.79. The number of nitrogens with one attached hydrogen (secondary N) is 1. The van der Waals surface area contributed by atoms with Crippen LogP contribution in [0.25, 0.3) is 0 Å². The molecule has 2 aromatic heterocycles. The maximum atomic E-state index is 13.6. The number of carbonyl (C=O) groups is 2. The minimum absolute atomic E-state index is 0.0148. The quantitative estimate of drug-likeness (QED) is 0.435.